The number of benzene rings is 1. The fourth-order valence-electron chi connectivity index (χ4n) is 5.62. The Kier molecular flexibility index (Phi) is 11.3. The molecule has 0 bridgehead atoms. The van der Waals surface area contributed by atoms with Crippen molar-refractivity contribution in [1.29, 1.82) is 0 Å². The van der Waals surface area contributed by atoms with Crippen molar-refractivity contribution >= 4 is 0 Å². The lowest BCUT2D eigenvalue weighted by molar-refractivity contribution is 0.237. The van der Waals surface area contributed by atoms with Crippen molar-refractivity contribution in [2.75, 3.05) is 6.61 Å². The zero-order chi connectivity index (χ0) is 23.3. The Balaban J connectivity index is 1.64. The number of aromatic nitrogens is 1. The molecule has 3 rings (SSSR count). The fourth-order valence-corrected chi connectivity index (χ4v) is 5.62. The van der Waals surface area contributed by atoms with Gasteiger partial charge in [0.15, 0.2) is 0 Å². The van der Waals surface area contributed by atoms with Gasteiger partial charge in [0, 0.05) is 18.0 Å². The summed E-state index contributed by atoms with van der Waals surface area (Å²) in [6.45, 7) is 7.82. The lowest BCUT2D eigenvalue weighted by Crippen LogP contribution is -2.19. The van der Waals surface area contributed by atoms with Gasteiger partial charge in [-0.2, -0.15) is 0 Å². The summed E-state index contributed by atoms with van der Waals surface area (Å²) in [6.07, 6.45) is 21.5. The van der Waals surface area contributed by atoms with E-state index < -0.39 is 0 Å². The first-order valence-corrected chi connectivity index (χ1v) is 13.9. The Morgan fingerprint density at radius 2 is 1.58 bits per heavy atom. The molecule has 1 saturated carbocycles. The summed E-state index contributed by atoms with van der Waals surface area (Å²) in [5.41, 5.74) is 3.93. The van der Waals surface area contributed by atoms with Gasteiger partial charge in [0.2, 0.25) is 0 Å². The van der Waals surface area contributed by atoms with Crippen LogP contribution in [0, 0.1) is 11.8 Å². The molecule has 0 spiro atoms. The molecule has 33 heavy (non-hydrogen) atoms. The van der Waals surface area contributed by atoms with E-state index in [1.54, 1.807) is 0 Å². The van der Waals surface area contributed by atoms with Gasteiger partial charge in [0.1, 0.15) is 5.75 Å². The molecule has 0 aliphatic heterocycles. The van der Waals surface area contributed by atoms with E-state index >= 15 is 0 Å². The highest BCUT2D eigenvalue weighted by Crippen LogP contribution is 2.43. The predicted molar refractivity (Wildman–Crippen MR) is 142 cm³/mol. The van der Waals surface area contributed by atoms with Crippen LogP contribution < -0.4 is 4.74 Å². The number of pyridine rings is 1. The van der Waals surface area contributed by atoms with Gasteiger partial charge in [0.05, 0.1) is 6.61 Å². The third-order valence-corrected chi connectivity index (χ3v) is 7.84. The van der Waals surface area contributed by atoms with Crippen molar-refractivity contribution in [2.45, 2.75) is 110 Å². The monoisotopic (exact) mass is 449 g/mol. The normalized spacial score (nSPS) is 19.4. The molecule has 0 radical (unpaired) electrons. The van der Waals surface area contributed by atoms with E-state index in [9.17, 15) is 0 Å². The summed E-state index contributed by atoms with van der Waals surface area (Å²) in [7, 11) is 0. The van der Waals surface area contributed by atoms with Crippen LogP contribution in [0.5, 0.6) is 5.75 Å². The van der Waals surface area contributed by atoms with Crippen molar-refractivity contribution in [3.05, 3.63) is 48.3 Å². The number of hydrogen-bond donors (Lipinski definition) is 0. The molecule has 1 aliphatic rings. The van der Waals surface area contributed by atoms with E-state index in [0.717, 1.165) is 30.6 Å². The highest BCUT2D eigenvalue weighted by molar-refractivity contribution is 5.73. The van der Waals surface area contributed by atoms with Crippen molar-refractivity contribution in [1.82, 2.24) is 4.98 Å². The maximum atomic E-state index is 6.31. The Morgan fingerprint density at radius 3 is 2.36 bits per heavy atom. The van der Waals surface area contributed by atoms with E-state index in [1.807, 2.05) is 6.20 Å². The molecular weight excluding hydrogens is 402 g/mol. The Morgan fingerprint density at radius 1 is 0.848 bits per heavy atom. The van der Waals surface area contributed by atoms with Gasteiger partial charge in [-0.05, 0) is 60.3 Å². The fraction of sp³-hybridized carbons (Fsp3) is 0.645. The first-order chi connectivity index (χ1) is 16.2. The minimum absolute atomic E-state index is 0.535. The standard InChI is InChI=1S/C31H47NO/c1-4-6-8-9-10-13-23-33-31-16-12-11-15-29(31)28-21-22-32-24-30(28)25(3)27-19-17-26(18-20-27)14-7-5-2/h11-12,15-16,21-22,24-27H,4-10,13-14,17-20,23H2,1-3H3. The van der Waals surface area contributed by atoms with Crippen LogP contribution in [-0.4, -0.2) is 11.6 Å². The first-order valence-electron chi connectivity index (χ1n) is 13.9. The summed E-state index contributed by atoms with van der Waals surface area (Å²) in [6, 6.07) is 10.8. The lowest BCUT2D eigenvalue weighted by atomic mass is 9.72. The SMILES string of the molecule is CCCCCCCCOc1ccccc1-c1ccncc1C(C)C1CCC(CCCC)CC1. The number of hydrogen-bond acceptors (Lipinski definition) is 2. The van der Waals surface area contributed by atoms with Gasteiger partial charge in [-0.15, -0.1) is 0 Å². The number of para-hydroxylation sites is 1. The Bertz CT molecular complexity index is 793. The third-order valence-electron chi connectivity index (χ3n) is 7.84. The molecule has 2 aromatic rings. The third kappa shape index (κ3) is 7.87. The van der Waals surface area contributed by atoms with Gasteiger partial charge in [-0.25, -0.2) is 0 Å². The highest BCUT2D eigenvalue weighted by Gasteiger charge is 2.27. The molecule has 2 heteroatoms. The molecule has 0 amide bonds. The zero-order valence-corrected chi connectivity index (χ0v) is 21.5. The first kappa shape index (κ1) is 25.8. The summed E-state index contributed by atoms with van der Waals surface area (Å²) in [5.74, 6) is 3.28. The molecule has 1 fully saturated rings. The van der Waals surface area contributed by atoms with Gasteiger partial charge < -0.3 is 4.74 Å². The van der Waals surface area contributed by atoms with Crippen LogP contribution in [0.4, 0.5) is 0 Å². The lowest BCUT2D eigenvalue weighted by Gasteiger charge is -2.33. The van der Waals surface area contributed by atoms with Gasteiger partial charge in [-0.1, -0.05) is 103 Å². The smallest absolute Gasteiger partial charge is 0.127 e. The van der Waals surface area contributed by atoms with Crippen LogP contribution in [0.25, 0.3) is 11.1 Å². The number of unbranched alkanes of at least 4 members (excludes halogenated alkanes) is 6. The van der Waals surface area contributed by atoms with Crippen LogP contribution in [0.15, 0.2) is 42.7 Å². The second-order valence-electron chi connectivity index (χ2n) is 10.3. The molecular formula is C31H47NO. The van der Waals surface area contributed by atoms with Crippen molar-refractivity contribution < 1.29 is 4.74 Å². The highest BCUT2D eigenvalue weighted by atomic mass is 16.5. The van der Waals surface area contributed by atoms with E-state index in [1.165, 1.54) is 93.7 Å². The number of ether oxygens (including phenoxy) is 1. The molecule has 0 N–H and O–H groups in total. The zero-order valence-electron chi connectivity index (χ0n) is 21.5. The molecule has 182 valence electrons. The van der Waals surface area contributed by atoms with E-state index in [4.69, 9.17) is 4.74 Å². The minimum Gasteiger partial charge on any atom is -0.493 e. The number of rotatable bonds is 14. The summed E-state index contributed by atoms with van der Waals surface area (Å²) in [5, 5.41) is 0. The summed E-state index contributed by atoms with van der Waals surface area (Å²) < 4.78 is 6.31. The van der Waals surface area contributed by atoms with Gasteiger partial charge in [-0.3, -0.25) is 4.98 Å². The van der Waals surface area contributed by atoms with Crippen molar-refractivity contribution in [3.8, 4) is 16.9 Å². The van der Waals surface area contributed by atoms with Gasteiger partial charge >= 0.3 is 0 Å². The predicted octanol–water partition coefficient (Wildman–Crippen LogP) is 9.59. The van der Waals surface area contributed by atoms with E-state index in [-0.39, 0.29) is 0 Å². The van der Waals surface area contributed by atoms with Crippen LogP contribution >= 0.6 is 0 Å². The molecule has 1 aromatic carbocycles. The minimum atomic E-state index is 0.535. The molecule has 1 heterocycles. The second kappa shape index (κ2) is 14.4. The van der Waals surface area contributed by atoms with Crippen LogP contribution in [0.3, 0.4) is 0 Å². The van der Waals surface area contributed by atoms with Crippen LogP contribution in [-0.2, 0) is 0 Å². The maximum absolute atomic E-state index is 6.31. The van der Waals surface area contributed by atoms with Gasteiger partial charge in [0.25, 0.3) is 0 Å². The van der Waals surface area contributed by atoms with E-state index in [2.05, 4.69) is 62.3 Å². The van der Waals surface area contributed by atoms with Crippen LogP contribution in [0.2, 0.25) is 0 Å². The van der Waals surface area contributed by atoms with E-state index in [0.29, 0.717) is 5.92 Å². The maximum Gasteiger partial charge on any atom is 0.127 e. The molecule has 1 atom stereocenters. The topological polar surface area (TPSA) is 22.1 Å². The average molecular weight is 450 g/mol. The van der Waals surface area contributed by atoms with Crippen molar-refractivity contribution in [2.24, 2.45) is 11.8 Å². The van der Waals surface area contributed by atoms with Crippen LogP contribution in [0.1, 0.15) is 116 Å². The molecule has 1 aromatic heterocycles. The number of nitrogens with zero attached hydrogens (tertiary/aromatic N) is 1. The quantitative estimate of drug-likeness (QED) is 0.268. The summed E-state index contributed by atoms with van der Waals surface area (Å²) in [4.78, 5) is 4.54. The average Bonchev–Trinajstić information content (AvgIpc) is 2.87. The Hall–Kier alpha value is -1.83. The van der Waals surface area contributed by atoms with Crippen molar-refractivity contribution in [3.63, 3.8) is 0 Å². The largest absolute Gasteiger partial charge is 0.493 e. The second-order valence-corrected chi connectivity index (χ2v) is 10.3. The Labute approximate surface area is 203 Å². The molecule has 1 unspecified atom stereocenters. The molecule has 2 nitrogen and oxygen atoms in total. The summed E-state index contributed by atoms with van der Waals surface area (Å²) >= 11 is 0. The molecule has 1 aliphatic carbocycles. The molecule has 0 saturated heterocycles.